The van der Waals surface area contributed by atoms with E-state index in [1.54, 1.807) is 28.4 Å². The molecule has 4 unspecified atom stereocenters. The summed E-state index contributed by atoms with van der Waals surface area (Å²) in [6, 6.07) is 0.895. The van der Waals surface area contributed by atoms with Crippen LogP contribution in [0.5, 0.6) is 0 Å². The van der Waals surface area contributed by atoms with Gasteiger partial charge < -0.3 is 23.1 Å². The first-order valence-corrected chi connectivity index (χ1v) is 9.55. The zero-order chi connectivity index (χ0) is 15.9. The van der Waals surface area contributed by atoms with Crippen molar-refractivity contribution in [2.24, 2.45) is 5.92 Å². The quantitative estimate of drug-likeness (QED) is 0.494. The maximum absolute atomic E-state index is 10.1. The minimum absolute atomic E-state index is 0.0474. The second kappa shape index (κ2) is 9.19. The fraction of sp³-hybridized carbons (Fsp3) is 1.00. The fourth-order valence-corrected chi connectivity index (χ4v) is 4.86. The number of hydrogen-bond acceptors (Lipinski definition) is 6. The van der Waals surface area contributed by atoms with Crippen molar-refractivity contribution in [2.75, 3.05) is 28.4 Å². The third kappa shape index (κ3) is 5.59. The molecular weight excluding hydrogens is 290 g/mol. The summed E-state index contributed by atoms with van der Waals surface area (Å²) in [4.78, 5) is 0. The Labute approximate surface area is 129 Å². The minimum atomic E-state index is -2.49. The molecule has 0 aromatic carbocycles. The lowest BCUT2D eigenvalue weighted by Crippen LogP contribution is -2.49. The van der Waals surface area contributed by atoms with E-state index in [2.05, 4.69) is 5.32 Å². The molecule has 4 atom stereocenters. The molecule has 0 spiro atoms. The van der Waals surface area contributed by atoms with E-state index in [1.165, 1.54) is 0 Å². The van der Waals surface area contributed by atoms with E-state index in [0.29, 0.717) is 5.92 Å². The van der Waals surface area contributed by atoms with Gasteiger partial charge in [-0.15, -0.1) is 0 Å². The molecule has 7 heteroatoms. The summed E-state index contributed by atoms with van der Waals surface area (Å²) in [7, 11) is 4.12. The van der Waals surface area contributed by atoms with Crippen LogP contribution in [0.4, 0.5) is 0 Å². The summed E-state index contributed by atoms with van der Waals surface area (Å²) in [5, 5.41) is 13.4. The molecule has 21 heavy (non-hydrogen) atoms. The van der Waals surface area contributed by atoms with Gasteiger partial charge in [-0.2, -0.15) is 0 Å². The van der Waals surface area contributed by atoms with E-state index in [1.807, 2.05) is 6.92 Å². The topological polar surface area (TPSA) is 69.2 Å². The van der Waals surface area contributed by atoms with Gasteiger partial charge in [0, 0.05) is 40.5 Å². The van der Waals surface area contributed by atoms with Crippen molar-refractivity contribution in [3.63, 3.8) is 0 Å². The highest BCUT2D eigenvalue weighted by Crippen LogP contribution is 2.31. The van der Waals surface area contributed by atoms with Crippen LogP contribution >= 0.6 is 0 Å². The Bertz CT molecular complexity index is 282. The average molecular weight is 321 g/mol. The first kappa shape index (κ1) is 19.0. The van der Waals surface area contributed by atoms with Crippen molar-refractivity contribution in [2.45, 2.75) is 57.0 Å². The second-order valence-corrected chi connectivity index (χ2v) is 8.82. The smallest absolute Gasteiger partial charge is 0.392 e. The fourth-order valence-electron chi connectivity index (χ4n) is 2.99. The summed E-state index contributed by atoms with van der Waals surface area (Å²) < 4.78 is 21.6. The number of nitrogens with one attached hydrogen (secondary N) is 1. The van der Waals surface area contributed by atoms with Crippen molar-refractivity contribution in [1.82, 2.24) is 5.32 Å². The highest BCUT2D eigenvalue weighted by Gasteiger charge is 2.39. The number of rotatable bonds is 9. The van der Waals surface area contributed by atoms with Crippen LogP contribution in [0.1, 0.15) is 32.6 Å². The lowest BCUT2D eigenvalue weighted by atomic mass is 9.82. The molecule has 1 saturated carbocycles. The van der Waals surface area contributed by atoms with E-state index in [0.717, 1.165) is 31.7 Å². The highest BCUT2D eigenvalue weighted by atomic mass is 28.4. The third-order valence-electron chi connectivity index (χ3n) is 4.52. The molecule has 0 amide bonds. The molecule has 0 bridgehead atoms. The minimum Gasteiger partial charge on any atom is -0.392 e. The number of aliphatic hydroxyl groups excluding tert-OH is 1. The summed E-state index contributed by atoms with van der Waals surface area (Å²) in [6.07, 6.45) is 3.44. The van der Waals surface area contributed by atoms with Gasteiger partial charge in [0.15, 0.2) is 0 Å². The van der Waals surface area contributed by atoms with Gasteiger partial charge in [-0.25, -0.2) is 0 Å². The third-order valence-corrected chi connectivity index (χ3v) is 7.28. The number of ether oxygens (including phenoxy) is 1. The van der Waals surface area contributed by atoms with Crippen molar-refractivity contribution >= 4 is 8.80 Å². The van der Waals surface area contributed by atoms with E-state index in [-0.39, 0.29) is 18.4 Å². The van der Waals surface area contributed by atoms with Crippen molar-refractivity contribution < 1.29 is 23.1 Å². The molecule has 0 aromatic heterocycles. The first-order chi connectivity index (χ1) is 10.00. The number of methoxy groups -OCH3 is 1. The van der Waals surface area contributed by atoms with Gasteiger partial charge in [0.25, 0.3) is 0 Å². The zero-order valence-corrected chi connectivity index (χ0v) is 14.9. The predicted molar refractivity (Wildman–Crippen MR) is 82.9 cm³/mol. The Hall–Kier alpha value is -0.0231. The summed E-state index contributed by atoms with van der Waals surface area (Å²) in [6.45, 7) is 1.95. The normalized spacial score (nSPS) is 28.6. The van der Waals surface area contributed by atoms with Crippen LogP contribution in [0, 0.1) is 5.92 Å². The maximum Gasteiger partial charge on any atom is 0.500 e. The largest absolute Gasteiger partial charge is 0.500 e. The maximum atomic E-state index is 10.1. The monoisotopic (exact) mass is 321 g/mol. The summed E-state index contributed by atoms with van der Waals surface area (Å²) in [5.74, 6) is 0.544. The average Bonchev–Trinajstić information content (AvgIpc) is 2.52. The van der Waals surface area contributed by atoms with Gasteiger partial charge in [-0.1, -0.05) is 0 Å². The summed E-state index contributed by atoms with van der Waals surface area (Å²) in [5.41, 5.74) is 0. The van der Waals surface area contributed by atoms with Crippen molar-refractivity contribution in [1.29, 1.82) is 0 Å². The lowest BCUT2D eigenvalue weighted by Gasteiger charge is -2.36. The molecule has 1 fully saturated rings. The Morgan fingerprint density at radius 1 is 1.14 bits per heavy atom. The highest BCUT2D eigenvalue weighted by molar-refractivity contribution is 6.60. The second-order valence-electron chi connectivity index (χ2n) is 5.73. The van der Waals surface area contributed by atoms with Crippen molar-refractivity contribution in [3.8, 4) is 0 Å². The molecule has 0 saturated heterocycles. The Kier molecular flexibility index (Phi) is 8.33. The molecule has 6 nitrogen and oxygen atoms in total. The van der Waals surface area contributed by atoms with E-state index < -0.39 is 8.80 Å². The van der Waals surface area contributed by atoms with Crippen LogP contribution in [0.15, 0.2) is 0 Å². The molecule has 0 heterocycles. The lowest BCUT2D eigenvalue weighted by molar-refractivity contribution is 0.0158. The molecular formula is C14H31NO5Si. The van der Waals surface area contributed by atoms with Crippen LogP contribution in [-0.2, 0) is 18.0 Å². The molecule has 1 rings (SSSR count). The van der Waals surface area contributed by atoms with Crippen LogP contribution in [0.3, 0.4) is 0 Å². The van der Waals surface area contributed by atoms with Crippen LogP contribution in [-0.4, -0.2) is 60.7 Å². The van der Waals surface area contributed by atoms with E-state index in [9.17, 15) is 5.11 Å². The molecule has 0 aromatic rings. The standard InChI is InChI=1S/C14H31NO5Si/c1-11(17-2)15-13-10-12(6-7-14(13)16)8-9-21(18-3,19-4)20-5/h11-16H,6-10H2,1-5H3. The van der Waals surface area contributed by atoms with Crippen LogP contribution in [0.2, 0.25) is 6.04 Å². The van der Waals surface area contributed by atoms with Gasteiger partial charge >= 0.3 is 8.80 Å². The van der Waals surface area contributed by atoms with E-state index in [4.69, 9.17) is 18.0 Å². The predicted octanol–water partition coefficient (Wildman–Crippen LogP) is 1.37. The Balaban J connectivity index is 2.49. The van der Waals surface area contributed by atoms with Gasteiger partial charge in [0.1, 0.15) is 6.23 Å². The molecule has 1 aliphatic rings. The summed E-state index contributed by atoms with van der Waals surface area (Å²) >= 11 is 0. The molecule has 0 aliphatic heterocycles. The van der Waals surface area contributed by atoms with Gasteiger partial charge in [-0.05, 0) is 38.5 Å². The Morgan fingerprint density at radius 3 is 2.29 bits per heavy atom. The van der Waals surface area contributed by atoms with Gasteiger partial charge in [-0.3, -0.25) is 5.32 Å². The molecule has 0 radical (unpaired) electrons. The molecule has 1 aliphatic carbocycles. The van der Waals surface area contributed by atoms with Gasteiger partial charge in [0.2, 0.25) is 0 Å². The molecule has 2 N–H and O–H groups in total. The van der Waals surface area contributed by atoms with Crippen LogP contribution < -0.4 is 5.32 Å². The van der Waals surface area contributed by atoms with Gasteiger partial charge in [0.05, 0.1) is 6.10 Å². The van der Waals surface area contributed by atoms with E-state index >= 15 is 0 Å². The zero-order valence-electron chi connectivity index (χ0n) is 13.9. The first-order valence-electron chi connectivity index (χ1n) is 7.62. The Morgan fingerprint density at radius 2 is 1.76 bits per heavy atom. The SMILES string of the molecule is COC(C)NC1CC(CC[Si](OC)(OC)OC)CCC1O. The van der Waals surface area contributed by atoms with Crippen LogP contribution in [0.25, 0.3) is 0 Å². The number of hydrogen-bond donors (Lipinski definition) is 2. The molecule has 126 valence electrons. The number of aliphatic hydroxyl groups is 1. The van der Waals surface area contributed by atoms with Crippen molar-refractivity contribution in [3.05, 3.63) is 0 Å².